The maximum atomic E-state index is 12.4. The molecule has 4 aliphatic rings. The largest absolute Gasteiger partial charge is 0.457 e. The van der Waals surface area contributed by atoms with Gasteiger partial charge in [-0.1, -0.05) is 0 Å². The van der Waals surface area contributed by atoms with Gasteiger partial charge in [0.2, 0.25) is 5.60 Å². The summed E-state index contributed by atoms with van der Waals surface area (Å²) in [7, 11) is 0. The molecule has 2 aliphatic heterocycles. The number of aliphatic hydroxyl groups is 3. The van der Waals surface area contributed by atoms with Crippen LogP contribution in [0.25, 0.3) is 0 Å². The van der Waals surface area contributed by atoms with E-state index in [1.807, 2.05) is 0 Å². The summed E-state index contributed by atoms with van der Waals surface area (Å²) < 4.78 is 10.9. The molecule has 2 heterocycles. The molecule has 8 atom stereocenters. The molecule has 23 heavy (non-hydrogen) atoms. The zero-order valence-electron chi connectivity index (χ0n) is 13.6. The van der Waals surface area contributed by atoms with E-state index in [1.54, 1.807) is 6.92 Å². The molecule has 0 aromatic heterocycles. The number of rotatable bonds is 2. The molecule has 4 rings (SSSR count). The van der Waals surface area contributed by atoms with Crippen LogP contribution < -0.4 is 0 Å². The lowest BCUT2D eigenvalue weighted by atomic mass is 9.50. The van der Waals surface area contributed by atoms with Crippen LogP contribution in [-0.4, -0.2) is 62.2 Å². The molecule has 1 spiro atoms. The third-order valence-corrected chi connectivity index (χ3v) is 6.80. The molecule has 0 aromatic rings. The highest BCUT2D eigenvalue weighted by atomic mass is 16.7. The van der Waals surface area contributed by atoms with E-state index >= 15 is 0 Å². The minimum absolute atomic E-state index is 0.124. The van der Waals surface area contributed by atoms with Crippen LogP contribution in [0.1, 0.15) is 34.1 Å². The molecule has 0 aromatic carbocycles. The fourth-order valence-electron chi connectivity index (χ4n) is 5.78. The van der Waals surface area contributed by atoms with Crippen LogP contribution in [0, 0.1) is 17.3 Å². The topological polar surface area (TPSA) is 117 Å². The van der Waals surface area contributed by atoms with Gasteiger partial charge in [0.15, 0.2) is 0 Å². The van der Waals surface area contributed by atoms with Crippen molar-refractivity contribution in [2.24, 2.45) is 17.3 Å². The predicted molar refractivity (Wildman–Crippen MR) is 75.1 cm³/mol. The highest BCUT2D eigenvalue weighted by Crippen LogP contribution is 2.75. The standard InChI is InChI=1S/C16H22O7/c1-6(17)8-9(13(2,3)20)10(18)11-14(4)15(8,21)5-7-16(14,23-7)12(19)22-11/h7-11,18,20-21H,5H2,1-4H3/t7-,8+,9?,10-,11-,14-,15?,16+/m1/s1. The van der Waals surface area contributed by atoms with Crippen molar-refractivity contribution in [3.63, 3.8) is 0 Å². The molecule has 0 radical (unpaired) electrons. The number of carbonyl (C=O) groups is 2. The fraction of sp³-hybridized carbons (Fsp3) is 0.875. The zero-order valence-corrected chi connectivity index (χ0v) is 13.6. The molecule has 2 saturated carbocycles. The smallest absolute Gasteiger partial charge is 0.342 e. The average molecular weight is 326 g/mol. The monoisotopic (exact) mass is 326 g/mol. The lowest BCUT2D eigenvalue weighted by Crippen LogP contribution is -2.72. The van der Waals surface area contributed by atoms with E-state index in [1.165, 1.54) is 20.8 Å². The van der Waals surface area contributed by atoms with Crippen molar-refractivity contribution >= 4 is 11.8 Å². The first-order valence-corrected chi connectivity index (χ1v) is 7.95. The summed E-state index contributed by atoms with van der Waals surface area (Å²) in [6, 6.07) is 0. The van der Waals surface area contributed by atoms with Crippen LogP contribution in [0.2, 0.25) is 0 Å². The molecule has 128 valence electrons. The Morgan fingerprint density at radius 3 is 2.52 bits per heavy atom. The number of ketones is 1. The molecular formula is C16H22O7. The third-order valence-electron chi connectivity index (χ3n) is 6.80. The SMILES string of the molecule is CC(=O)[C@H]1C(C(C)(C)O)[C@@H](O)[C@H]2OC(=O)[C@@]34O[C@@H]3CC1(O)[C@@]24C. The lowest BCUT2D eigenvalue weighted by molar-refractivity contribution is -0.258. The molecular weight excluding hydrogens is 304 g/mol. The van der Waals surface area contributed by atoms with Crippen LogP contribution in [0.5, 0.6) is 0 Å². The lowest BCUT2D eigenvalue weighted by Gasteiger charge is -2.57. The van der Waals surface area contributed by atoms with Crippen molar-refractivity contribution in [2.75, 3.05) is 0 Å². The van der Waals surface area contributed by atoms with Gasteiger partial charge in [-0.25, -0.2) is 4.79 Å². The Morgan fingerprint density at radius 1 is 1.39 bits per heavy atom. The maximum Gasteiger partial charge on any atom is 0.342 e. The van der Waals surface area contributed by atoms with E-state index in [9.17, 15) is 24.9 Å². The Hall–Kier alpha value is -1.02. The molecule has 7 nitrogen and oxygen atoms in total. The van der Waals surface area contributed by atoms with Crippen molar-refractivity contribution in [3.05, 3.63) is 0 Å². The van der Waals surface area contributed by atoms with Gasteiger partial charge in [0.05, 0.1) is 28.6 Å². The van der Waals surface area contributed by atoms with Crippen molar-refractivity contribution in [1.82, 2.24) is 0 Å². The van der Waals surface area contributed by atoms with Gasteiger partial charge in [0, 0.05) is 12.3 Å². The first-order valence-electron chi connectivity index (χ1n) is 7.95. The van der Waals surface area contributed by atoms with E-state index in [2.05, 4.69) is 0 Å². The van der Waals surface area contributed by atoms with Crippen LogP contribution in [-0.2, 0) is 19.1 Å². The minimum Gasteiger partial charge on any atom is -0.457 e. The maximum absolute atomic E-state index is 12.4. The number of hydrogen-bond acceptors (Lipinski definition) is 7. The number of esters is 1. The second kappa shape index (κ2) is 3.79. The summed E-state index contributed by atoms with van der Waals surface area (Å²) in [6.07, 6.45) is -2.66. The molecule has 2 unspecified atom stereocenters. The number of epoxide rings is 1. The third kappa shape index (κ3) is 1.34. The van der Waals surface area contributed by atoms with Crippen molar-refractivity contribution < 1.29 is 34.4 Å². The van der Waals surface area contributed by atoms with Gasteiger partial charge in [-0.15, -0.1) is 0 Å². The summed E-state index contributed by atoms with van der Waals surface area (Å²) in [4.78, 5) is 24.7. The number of ether oxygens (including phenoxy) is 2. The highest BCUT2D eigenvalue weighted by Gasteiger charge is 2.93. The first kappa shape index (κ1) is 15.5. The van der Waals surface area contributed by atoms with Gasteiger partial charge in [-0.2, -0.15) is 0 Å². The summed E-state index contributed by atoms with van der Waals surface area (Å²) in [6.45, 7) is 5.96. The van der Waals surface area contributed by atoms with Crippen molar-refractivity contribution in [1.29, 1.82) is 0 Å². The molecule has 0 amide bonds. The van der Waals surface area contributed by atoms with Gasteiger partial charge in [0.1, 0.15) is 18.0 Å². The Morgan fingerprint density at radius 2 is 2.00 bits per heavy atom. The van der Waals surface area contributed by atoms with E-state index in [0.29, 0.717) is 0 Å². The molecule has 2 saturated heterocycles. The number of carbonyl (C=O) groups excluding carboxylic acids is 2. The zero-order chi connectivity index (χ0) is 17.2. The quantitative estimate of drug-likeness (QED) is 0.447. The summed E-state index contributed by atoms with van der Waals surface area (Å²) in [5.74, 6) is -2.86. The van der Waals surface area contributed by atoms with Gasteiger partial charge >= 0.3 is 5.97 Å². The normalized spacial score (nSPS) is 56.8. The summed E-state index contributed by atoms with van der Waals surface area (Å²) in [5.41, 5.74) is -5.48. The molecule has 7 heteroatoms. The van der Waals surface area contributed by atoms with E-state index in [4.69, 9.17) is 9.47 Å². The second-order valence-corrected chi connectivity index (χ2v) is 8.26. The van der Waals surface area contributed by atoms with Gasteiger partial charge in [-0.3, -0.25) is 4.79 Å². The highest BCUT2D eigenvalue weighted by molar-refractivity contribution is 5.91. The predicted octanol–water partition coefficient (Wildman–Crippen LogP) is -0.843. The Balaban J connectivity index is 1.94. The Labute approximate surface area is 133 Å². The van der Waals surface area contributed by atoms with Gasteiger partial charge in [0.25, 0.3) is 0 Å². The van der Waals surface area contributed by atoms with Crippen LogP contribution in [0.4, 0.5) is 0 Å². The Bertz CT molecular complexity index is 624. The minimum atomic E-state index is -1.57. The van der Waals surface area contributed by atoms with E-state index in [0.717, 1.165) is 0 Å². The first-order chi connectivity index (χ1) is 10.4. The molecule has 0 bridgehead atoms. The number of aliphatic hydroxyl groups excluding tert-OH is 1. The molecule has 2 aliphatic carbocycles. The van der Waals surface area contributed by atoms with Crippen LogP contribution in [0.3, 0.4) is 0 Å². The van der Waals surface area contributed by atoms with Crippen LogP contribution >= 0.6 is 0 Å². The summed E-state index contributed by atoms with van der Waals surface area (Å²) >= 11 is 0. The van der Waals surface area contributed by atoms with Crippen molar-refractivity contribution in [3.8, 4) is 0 Å². The van der Waals surface area contributed by atoms with Gasteiger partial charge in [-0.05, 0) is 27.7 Å². The number of hydrogen-bond donors (Lipinski definition) is 3. The van der Waals surface area contributed by atoms with Crippen LogP contribution in [0.15, 0.2) is 0 Å². The fourth-order valence-corrected chi connectivity index (χ4v) is 5.78. The van der Waals surface area contributed by atoms with E-state index < -0.39 is 58.3 Å². The average Bonchev–Trinajstić information content (AvgIpc) is 3.00. The number of Topliss-reactive ketones (excluding diaryl/α,β-unsaturated/α-hetero) is 1. The molecule has 3 N–H and O–H groups in total. The Kier molecular flexibility index (Phi) is 2.56. The summed E-state index contributed by atoms with van der Waals surface area (Å²) in [5, 5.41) is 32.8. The molecule has 4 fully saturated rings. The van der Waals surface area contributed by atoms with Crippen molar-refractivity contribution in [2.45, 2.75) is 69.2 Å². The van der Waals surface area contributed by atoms with E-state index in [-0.39, 0.29) is 12.2 Å². The second-order valence-electron chi connectivity index (χ2n) is 8.26. The van der Waals surface area contributed by atoms with Gasteiger partial charge < -0.3 is 24.8 Å².